The fraction of sp³-hybridized carbons (Fsp3) is 0.111. The molecule has 0 saturated heterocycles. The Morgan fingerprint density at radius 3 is 1.81 bits per heavy atom. The topological polar surface area (TPSA) is 192 Å². The minimum Gasteiger partial charge on any atom is -0.857 e. The number of nitrogens with zero attached hydrogens (tertiary/aromatic N) is 5. The van der Waals surface area contributed by atoms with E-state index in [9.17, 15) is 24.6 Å². The zero-order valence-corrected chi connectivity index (χ0v) is 21.0. The van der Waals surface area contributed by atoms with E-state index >= 15 is 0 Å². The number of carboxylic acid groups (broad SMARTS) is 2. The number of rotatable bonds is 6. The monoisotopic (exact) mass is 550 g/mol. The van der Waals surface area contributed by atoms with Crippen LogP contribution in [0, 0.1) is 0 Å². The summed E-state index contributed by atoms with van der Waals surface area (Å²) in [4.78, 5) is 39.4. The van der Waals surface area contributed by atoms with Gasteiger partial charge in [-0.1, -0.05) is 0 Å². The third-order valence-electron chi connectivity index (χ3n) is 3.09. The molecule has 31 heavy (non-hydrogen) atoms. The number of hydrogen-bond acceptors (Lipinski definition) is 10. The molecule has 0 aliphatic heterocycles. The van der Waals surface area contributed by atoms with Crippen molar-refractivity contribution in [3.63, 3.8) is 0 Å². The second-order valence-corrected chi connectivity index (χ2v) is 5.29. The minimum absolute atomic E-state index is 0. The molecule has 2 heterocycles. The fourth-order valence-electron chi connectivity index (χ4n) is 1.46. The van der Waals surface area contributed by atoms with Crippen molar-refractivity contribution < 1.29 is 29.7 Å². The number of amides is 1. The van der Waals surface area contributed by atoms with Gasteiger partial charge in [0, 0.05) is 36.2 Å². The molecule has 0 aliphatic carbocycles. The average Bonchev–Trinajstić information content (AvgIpc) is 2.76. The zero-order chi connectivity index (χ0) is 22.5. The number of hydrogen-bond donors (Lipinski definition) is 2. The number of carbonyl (C=O) groups is 3. The average molecular weight is 550 g/mol. The number of hydrazone groups is 1. The first-order chi connectivity index (χ1) is 14.2. The van der Waals surface area contributed by atoms with Gasteiger partial charge in [-0.05, 0) is 43.7 Å². The number of nitrogens with one attached hydrogen (secondary N) is 1. The van der Waals surface area contributed by atoms with Crippen LogP contribution in [0.2, 0.25) is 0 Å². The van der Waals surface area contributed by atoms with E-state index in [0.717, 1.165) is 0 Å². The summed E-state index contributed by atoms with van der Waals surface area (Å²) in [5.41, 5.74) is 2.25. The van der Waals surface area contributed by atoms with Crippen LogP contribution in [-0.2, 0) is 9.59 Å². The van der Waals surface area contributed by atoms with Crippen LogP contribution in [0.5, 0.6) is 0 Å². The molecule has 0 aromatic carbocycles. The molecule has 0 atom stereocenters. The molecule has 2 aromatic heterocycles. The second-order valence-electron chi connectivity index (χ2n) is 5.29. The summed E-state index contributed by atoms with van der Waals surface area (Å²) in [6.45, 7) is 2.48. The number of carbonyl (C=O) groups excluding carboxylic acids is 2. The van der Waals surface area contributed by atoms with E-state index in [1.807, 2.05) is 0 Å². The predicted octanol–water partition coefficient (Wildman–Crippen LogP) is -1.79. The first-order valence-corrected chi connectivity index (χ1v) is 8.11. The van der Waals surface area contributed by atoms with Crippen molar-refractivity contribution >= 4 is 84.0 Å². The standard InChI is InChI=1S/2C9H9N3O3.Ba/c2*1-6(9(14)15)11-12-8(13)7-2-4-10-5-3-7;/h2*2-5H,1H3,(H,12,13)(H,14,15);/q;;+2/p-2/b2*11-6-;. The van der Waals surface area contributed by atoms with Gasteiger partial charge in [-0.15, -0.1) is 0 Å². The van der Waals surface area contributed by atoms with Crippen molar-refractivity contribution in [1.29, 1.82) is 0 Å². The SMILES string of the molecule is C/C(=N/N=C([O-])c1ccncc1)C(=O)[O-].C/C(=N/NC(=O)c1ccncc1)C(=O)O.[Ba+2]. The predicted molar refractivity (Wildman–Crippen MR) is 107 cm³/mol. The molecule has 0 unspecified atom stereocenters. The molecule has 2 N–H and O–H groups in total. The quantitative estimate of drug-likeness (QED) is 0.182. The second kappa shape index (κ2) is 15.0. The van der Waals surface area contributed by atoms with Crippen LogP contribution in [0.4, 0.5) is 0 Å². The molecular formula is C18H16BaN6O6. The van der Waals surface area contributed by atoms with Crippen molar-refractivity contribution in [2.24, 2.45) is 15.3 Å². The summed E-state index contributed by atoms with van der Waals surface area (Å²) in [6, 6.07) is 5.91. The first kappa shape index (κ1) is 28.1. The van der Waals surface area contributed by atoms with E-state index in [0.29, 0.717) is 11.1 Å². The molecule has 1 amide bonds. The van der Waals surface area contributed by atoms with Gasteiger partial charge in [-0.2, -0.15) is 15.3 Å². The van der Waals surface area contributed by atoms with Crippen LogP contribution >= 0.6 is 0 Å². The van der Waals surface area contributed by atoms with Crippen LogP contribution in [0.3, 0.4) is 0 Å². The van der Waals surface area contributed by atoms with Gasteiger partial charge in [0.2, 0.25) is 0 Å². The summed E-state index contributed by atoms with van der Waals surface area (Å²) in [6.07, 6.45) is 5.78. The van der Waals surface area contributed by atoms with Gasteiger partial charge < -0.3 is 20.1 Å². The van der Waals surface area contributed by atoms with Gasteiger partial charge in [0.15, 0.2) is 0 Å². The Bertz CT molecular complexity index is 980. The third kappa shape index (κ3) is 11.2. The van der Waals surface area contributed by atoms with E-state index in [2.05, 4.69) is 30.7 Å². The van der Waals surface area contributed by atoms with Crippen LogP contribution in [0.15, 0.2) is 64.4 Å². The smallest absolute Gasteiger partial charge is 0.857 e. The molecule has 2 rings (SSSR count). The third-order valence-corrected chi connectivity index (χ3v) is 3.09. The number of aromatic nitrogens is 2. The molecule has 0 radical (unpaired) electrons. The number of aliphatic carboxylic acids is 2. The molecule has 0 fully saturated rings. The summed E-state index contributed by atoms with van der Waals surface area (Å²) >= 11 is 0. The fourth-order valence-corrected chi connectivity index (χ4v) is 1.46. The van der Waals surface area contributed by atoms with E-state index < -0.39 is 23.7 Å². The number of pyridine rings is 2. The molecule has 0 spiro atoms. The van der Waals surface area contributed by atoms with Gasteiger partial charge in [0.25, 0.3) is 5.91 Å². The minimum atomic E-state index is -1.46. The van der Waals surface area contributed by atoms with Gasteiger partial charge >= 0.3 is 54.9 Å². The maximum atomic E-state index is 11.3. The molecule has 13 heteroatoms. The molecule has 0 bridgehead atoms. The van der Waals surface area contributed by atoms with Crippen molar-refractivity contribution in [3.8, 4) is 0 Å². The summed E-state index contributed by atoms with van der Waals surface area (Å²) in [5.74, 6) is -3.73. The first-order valence-electron chi connectivity index (χ1n) is 8.11. The van der Waals surface area contributed by atoms with Crippen LogP contribution in [0.1, 0.15) is 29.8 Å². The molecule has 0 saturated carbocycles. The van der Waals surface area contributed by atoms with E-state index in [4.69, 9.17) is 5.11 Å². The Kier molecular flexibility index (Phi) is 13.6. The van der Waals surface area contributed by atoms with Crippen LogP contribution in [0.25, 0.3) is 0 Å². The Hall–Kier alpha value is -2.91. The maximum Gasteiger partial charge on any atom is 2.00 e. The van der Waals surface area contributed by atoms with Crippen molar-refractivity contribution in [2.75, 3.05) is 0 Å². The largest absolute Gasteiger partial charge is 2.00 e. The summed E-state index contributed by atoms with van der Waals surface area (Å²) < 4.78 is 0. The van der Waals surface area contributed by atoms with Gasteiger partial charge in [0.05, 0.1) is 11.7 Å². The molecular weight excluding hydrogens is 534 g/mol. The van der Waals surface area contributed by atoms with Crippen LogP contribution in [-0.4, -0.2) is 99.1 Å². The Balaban J connectivity index is 0.000000562. The van der Waals surface area contributed by atoms with Crippen molar-refractivity contribution in [1.82, 2.24) is 15.4 Å². The van der Waals surface area contributed by atoms with Gasteiger partial charge in [0.1, 0.15) is 5.71 Å². The van der Waals surface area contributed by atoms with Crippen LogP contribution < -0.4 is 15.6 Å². The van der Waals surface area contributed by atoms with E-state index in [-0.39, 0.29) is 60.3 Å². The van der Waals surface area contributed by atoms with Gasteiger partial charge in [-0.3, -0.25) is 14.8 Å². The zero-order valence-electron chi connectivity index (χ0n) is 16.6. The normalized spacial score (nSPS) is 11.4. The Labute approximate surface area is 216 Å². The molecule has 12 nitrogen and oxygen atoms in total. The summed E-state index contributed by atoms with van der Waals surface area (Å²) in [5, 5.41) is 39.8. The van der Waals surface area contributed by atoms with Crippen molar-refractivity contribution in [3.05, 3.63) is 60.2 Å². The summed E-state index contributed by atoms with van der Waals surface area (Å²) in [7, 11) is 0. The Morgan fingerprint density at radius 2 is 1.35 bits per heavy atom. The molecule has 156 valence electrons. The maximum absolute atomic E-state index is 11.3. The Morgan fingerprint density at radius 1 is 0.871 bits per heavy atom. The van der Waals surface area contributed by atoms with E-state index in [1.54, 1.807) is 0 Å². The molecule has 0 aliphatic rings. The number of carboxylic acids is 2. The van der Waals surface area contributed by atoms with Crippen molar-refractivity contribution in [2.45, 2.75) is 13.8 Å². The van der Waals surface area contributed by atoms with E-state index in [1.165, 1.54) is 62.9 Å². The van der Waals surface area contributed by atoms with Gasteiger partial charge in [-0.25, -0.2) is 10.2 Å². The molecule has 2 aromatic rings.